The van der Waals surface area contributed by atoms with Gasteiger partial charge < -0.3 is 4.98 Å². The van der Waals surface area contributed by atoms with Crippen molar-refractivity contribution in [1.29, 1.82) is 0 Å². The number of likely N-dealkylation sites (tertiary alicyclic amines) is 1. The van der Waals surface area contributed by atoms with Gasteiger partial charge in [-0.3, -0.25) is 14.7 Å². The first kappa shape index (κ1) is 19.9. The summed E-state index contributed by atoms with van der Waals surface area (Å²) in [6.45, 7) is 4.48. The third-order valence-corrected chi connectivity index (χ3v) is 6.24. The fraction of sp³-hybridized carbons (Fsp3) is 0.333. The monoisotopic (exact) mass is 407 g/mol. The molecule has 1 atom stereocenters. The predicted molar refractivity (Wildman–Crippen MR) is 118 cm³/mol. The van der Waals surface area contributed by atoms with Gasteiger partial charge in [0.05, 0.1) is 5.69 Å². The Balaban J connectivity index is 1.34. The van der Waals surface area contributed by atoms with Crippen LogP contribution < -0.4 is 5.56 Å². The van der Waals surface area contributed by atoms with Crippen LogP contribution >= 0.6 is 11.6 Å². The summed E-state index contributed by atoms with van der Waals surface area (Å²) in [4.78, 5) is 21.1. The minimum absolute atomic E-state index is 0.0987. The Kier molecular flexibility index (Phi) is 6.12. The summed E-state index contributed by atoms with van der Waals surface area (Å²) in [5.74, 6) is 0.736. The van der Waals surface area contributed by atoms with E-state index in [9.17, 15) is 4.79 Å². The van der Waals surface area contributed by atoms with Gasteiger partial charge in [-0.2, -0.15) is 0 Å². The Labute approximate surface area is 176 Å². The van der Waals surface area contributed by atoms with E-state index >= 15 is 0 Å². The molecule has 1 aromatic carbocycles. The molecule has 0 bridgehead atoms. The summed E-state index contributed by atoms with van der Waals surface area (Å²) < 4.78 is 0. The molecule has 0 saturated carbocycles. The zero-order chi connectivity index (χ0) is 20.2. The van der Waals surface area contributed by atoms with E-state index in [1.54, 1.807) is 12.3 Å². The van der Waals surface area contributed by atoms with Crippen molar-refractivity contribution in [2.75, 3.05) is 13.1 Å². The normalized spacial score (nSPS) is 16.6. The Hall–Kier alpha value is -2.43. The Morgan fingerprint density at radius 3 is 2.48 bits per heavy atom. The minimum Gasteiger partial charge on any atom is -0.328 e. The summed E-state index contributed by atoms with van der Waals surface area (Å²) >= 11 is 5.99. The Bertz CT molecular complexity index is 969. The lowest BCUT2D eigenvalue weighted by Gasteiger charge is -2.36. The molecule has 1 saturated heterocycles. The van der Waals surface area contributed by atoms with Crippen molar-refractivity contribution < 1.29 is 0 Å². The lowest BCUT2D eigenvalue weighted by Crippen LogP contribution is -2.36. The summed E-state index contributed by atoms with van der Waals surface area (Å²) in [5.41, 5.74) is 4.31. The van der Waals surface area contributed by atoms with Gasteiger partial charge in [-0.25, -0.2) is 0 Å². The van der Waals surface area contributed by atoms with Crippen LogP contribution in [0, 0.1) is 5.92 Å². The van der Waals surface area contributed by atoms with Crippen LogP contribution in [-0.4, -0.2) is 28.0 Å². The number of piperidine rings is 1. The van der Waals surface area contributed by atoms with Crippen molar-refractivity contribution in [2.45, 2.75) is 32.2 Å². The van der Waals surface area contributed by atoms with E-state index in [-0.39, 0.29) is 5.56 Å². The van der Waals surface area contributed by atoms with Crippen LogP contribution in [0.4, 0.5) is 0 Å². The van der Waals surface area contributed by atoms with Gasteiger partial charge in [0.25, 0.3) is 0 Å². The number of nitrogens with zero attached hydrogens (tertiary/aromatic N) is 2. The number of hydrogen-bond donors (Lipinski definition) is 1. The molecule has 0 amide bonds. The van der Waals surface area contributed by atoms with Crippen LogP contribution in [0.25, 0.3) is 11.3 Å². The van der Waals surface area contributed by atoms with Crippen LogP contribution in [0.3, 0.4) is 0 Å². The molecule has 1 fully saturated rings. The first-order chi connectivity index (χ1) is 14.1. The van der Waals surface area contributed by atoms with E-state index in [0.717, 1.165) is 41.7 Å². The van der Waals surface area contributed by atoms with Crippen molar-refractivity contribution in [3.63, 3.8) is 0 Å². The first-order valence-corrected chi connectivity index (χ1v) is 10.6. The van der Waals surface area contributed by atoms with Crippen LogP contribution in [0.1, 0.15) is 36.9 Å². The molecule has 0 spiro atoms. The average molecular weight is 408 g/mol. The molecule has 1 aliphatic heterocycles. The van der Waals surface area contributed by atoms with Crippen molar-refractivity contribution in [1.82, 2.24) is 14.9 Å². The summed E-state index contributed by atoms with van der Waals surface area (Å²) in [5, 5.41) is 0.803. The molecule has 3 aromatic rings. The van der Waals surface area contributed by atoms with Gasteiger partial charge in [-0.05, 0) is 80.6 Å². The number of halogens is 1. The number of pyridine rings is 2. The van der Waals surface area contributed by atoms with E-state index in [4.69, 9.17) is 11.6 Å². The Morgan fingerprint density at radius 1 is 1.10 bits per heavy atom. The van der Waals surface area contributed by atoms with E-state index in [0.29, 0.717) is 6.04 Å². The maximum absolute atomic E-state index is 11.2. The largest absolute Gasteiger partial charge is 0.328 e. The minimum atomic E-state index is -0.0987. The van der Waals surface area contributed by atoms with Gasteiger partial charge >= 0.3 is 0 Å². The maximum atomic E-state index is 11.2. The van der Waals surface area contributed by atoms with Crippen molar-refractivity contribution in [3.05, 3.63) is 87.4 Å². The summed E-state index contributed by atoms with van der Waals surface area (Å²) in [7, 11) is 0. The molecule has 0 radical (unpaired) electrons. The number of rotatable bonds is 5. The molecule has 1 aliphatic rings. The highest BCUT2D eigenvalue weighted by Gasteiger charge is 2.24. The van der Waals surface area contributed by atoms with Gasteiger partial charge in [0, 0.05) is 35.1 Å². The van der Waals surface area contributed by atoms with Crippen LogP contribution in [0.2, 0.25) is 5.02 Å². The van der Waals surface area contributed by atoms with Crippen molar-refractivity contribution in [3.8, 4) is 11.3 Å². The van der Waals surface area contributed by atoms with E-state index in [1.165, 1.54) is 30.0 Å². The molecule has 4 nitrogen and oxygen atoms in total. The molecule has 2 aromatic heterocycles. The molecule has 3 heterocycles. The van der Waals surface area contributed by atoms with Gasteiger partial charge in [0.15, 0.2) is 0 Å². The zero-order valence-corrected chi connectivity index (χ0v) is 17.4. The van der Waals surface area contributed by atoms with Crippen molar-refractivity contribution in [2.24, 2.45) is 5.92 Å². The maximum Gasteiger partial charge on any atom is 0.247 e. The van der Waals surface area contributed by atoms with Crippen LogP contribution in [-0.2, 0) is 6.42 Å². The lowest BCUT2D eigenvalue weighted by atomic mass is 9.89. The molecular weight excluding hydrogens is 382 g/mol. The van der Waals surface area contributed by atoms with Gasteiger partial charge in [0.2, 0.25) is 5.56 Å². The van der Waals surface area contributed by atoms with Gasteiger partial charge in [-0.1, -0.05) is 29.8 Å². The highest BCUT2D eigenvalue weighted by molar-refractivity contribution is 6.30. The Morgan fingerprint density at radius 2 is 1.86 bits per heavy atom. The molecule has 150 valence electrons. The number of nitrogens with one attached hydrogen (secondary N) is 1. The summed E-state index contributed by atoms with van der Waals surface area (Å²) in [6.07, 6.45) is 7.24. The average Bonchev–Trinajstić information content (AvgIpc) is 2.76. The van der Waals surface area contributed by atoms with Gasteiger partial charge in [0.1, 0.15) is 0 Å². The molecule has 1 N–H and O–H groups in total. The molecule has 1 unspecified atom stereocenters. The lowest BCUT2D eigenvalue weighted by molar-refractivity contribution is 0.141. The van der Waals surface area contributed by atoms with E-state index < -0.39 is 0 Å². The molecule has 4 rings (SSSR count). The fourth-order valence-corrected chi connectivity index (χ4v) is 4.23. The quantitative estimate of drug-likeness (QED) is 0.639. The SMILES string of the molecule is CC(c1ccc(-c2ccc(=O)[nH]c2)nc1)N1CCC(Cc2ccc(Cl)cc2)CC1. The number of aromatic amines is 1. The molecule has 5 heteroatoms. The van der Waals surface area contributed by atoms with Crippen molar-refractivity contribution >= 4 is 11.6 Å². The van der Waals surface area contributed by atoms with Crippen LogP contribution in [0.15, 0.2) is 65.7 Å². The smallest absolute Gasteiger partial charge is 0.247 e. The van der Waals surface area contributed by atoms with Crippen LogP contribution in [0.5, 0.6) is 0 Å². The number of hydrogen-bond acceptors (Lipinski definition) is 3. The topological polar surface area (TPSA) is 49.0 Å². The second-order valence-electron chi connectivity index (χ2n) is 7.90. The second-order valence-corrected chi connectivity index (χ2v) is 8.34. The standard InChI is InChI=1S/C24H26ClN3O/c1-17(20-4-8-23(26-15-20)21-5-9-24(29)27-16-21)28-12-10-19(11-13-28)14-18-2-6-22(25)7-3-18/h2-9,15-17,19H,10-14H2,1H3,(H,27,29). The predicted octanol–water partition coefficient (Wildman–Crippen LogP) is 5.11. The number of aromatic nitrogens is 2. The number of H-pyrrole nitrogens is 1. The first-order valence-electron chi connectivity index (χ1n) is 10.2. The van der Waals surface area contributed by atoms with Gasteiger partial charge in [-0.15, -0.1) is 0 Å². The zero-order valence-electron chi connectivity index (χ0n) is 16.6. The molecule has 0 aliphatic carbocycles. The molecule has 29 heavy (non-hydrogen) atoms. The van der Waals surface area contributed by atoms with E-state index in [1.807, 2.05) is 24.4 Å². The molecular formula is C24H26ClN3O. The highest BCUT2D eigenvalue weighted by Crippen LogP contribution is 2.29. The number of benzene rings is 1. The highest BCUT2D eigenvalue weighted by atomic mass is 35.5. The summed E-state index contributed by atoms with van der Waals surface area (Å²) in [6, 6.07) is 16.1. The second kappa shape index (κ2) is 8.93. The third-order valence-electron chi connectivity index (χ3n) is 5.98. The fourth-order valence-electron chi connectivity index (χ4n) is 4.10. The third kappa shape index (κ3) is 4.95. The van der Waals surface area contributed by atoms with E-state index in [2.05, 4.69) is 40.0 Å².